The second-order valence-electron chi connectivity index (χ2n) is 7.65. The molecule has 0 spiro atoms. The molecule has 0 unspecified atom stereocenters. The minimum absolute atomic E-state index is 0.850. The number of rotatable bonds is 1. The predicted octanol–water partition coefficient (Wildman–Crippen LogP) is 5.35. The van der Waals surface area contributed by atoms with Crippen molar-refractivity contribution in [3.63, 3.8) is 0 Å². The van der Waals surface area contributed by atoms with Crippen molar-refractivity contribution < 1.29 is 0 Å². The maximum absolute atomic E-state index is 2.59. The Morgan fingerprint density at radius 2 is 1.15 bits per heavy atom. The Bertz CT molecular complexity index is 430. The van der Waals surface area contributed by atoms with Gasteiger partial charge in [0.1, 0.15) is 0 Å². The molecule has 1 aromatic carbocycles. The van der Waals surface area contributed by atoms with Crippen LogP contribution >= 0.6 is 0 Å². The quantitative estimate of drug-likeness (QED) is 0.603. The lowest BCUT2D eigenvalue weighted by Crippen LogP contribution is -2.08. The summed E-state index contributed by atoms with van der Waals surface area (Å²) in [6.45, 7) is 7.22. The lowest BCUT2D eigenvalue weighted by molar-refractivity contribution is 0.345. The Balaban J connectivity index is 1.85. The smallest absolute Gasteiger partial charge is 0.0273 e. The van der Waals surface area contributed by atoms with Crippen LogP contribution in [0.15, 0.2) is 12.1 Å². The number of fused-ring (bicyclic) bond motifs is 2. The van der Waals surface area contributed by atoms with E-state index in [1.807, 2.05) is 0 Å². The zero-order valence-electron chi connectivity index (χ0n) is 13.5. The molecule has 0 aliphatic heterocycles. The van der Waals surface area contributed by atoms with Crippen LogP contribution in [0.1, 0.15) is 68.7 Å². The molecule has 0 bridgehead atoms. The van der Waals surface area contributed by atoms with Gasteiger partial charge in [-0.15, -0.1) is 0 Å². The highest BCUT2D eigenvalue weighted by molar-refractivity contribution is 5.40. The Hall–Kier alpha value is -0.780. The first-order valence-electron chi connectivity index (χ1n) is 8.77. The molecule has 3 rings (SSSR count). The fourth-order valence-corrected chi connectivity index (χ4v) is 4.16. The Kier molecular flexibility index (Phi) is 4.19. The summed E-state index contributed by atoms with van der Waals surface area (Å²) in [6, 6.07) is 5.18. The van der Waals surface area contributed by atoms with Crippen LogP contribution in [0.3, 0.4) is 0 Å². The number of benzene rings is 1. The van der Waals surface area contributed by atoms with Gasteiger partial charge in [0.25, 0.3) is 0 Å². The molecular weight excluding hydrogens is 240 g/mol. The summed E-state index contributed by atoms with van der Waals surface area (Å²) in [4.78, 5) is 0. The highest BCUT2D eigenvalue weighted by Crippen LogP contribution is 2.33. The fourth-order valence-electron chi connectivity index (χ4n) is 4.16. The molecule has 0 saturated carbocycles. The monoisotopic (exact) mass is 270 g/mol. The van der Waals surface area contributed by atoms with Crippen LogP contribution in [-0.2, 0) is 25.7 Å². The molecule has 0 radical (unpaired) electrons. The molecule has 0 atom stereocenters. The van der Waals surface area contributed by atoms with E-state index in [4.69, 9.17) is 0 Å². The Labute approximate surface area is 125 Å². The Morgan fingerprint density at radius 3 is 1.55 bits per heavy atom. The van der Waals surface area contributed by atoms with Gasteiger partial charge in [0.15, 0.2) is 0 Å². The minimum atomic E-state index is 0.850. The van der Waals surface area contributed by atoms with E-state index in [-0.39, 0.29) is 0 Å². The number of hydrogen-bond acceptors (Lipinski definition) is 0. The van der Waals surface area contributed by atoms with Gasteiger partial charge in [-0.3, -0.25) is 0 Å². The third-order valence-corrected chi connectivity index (χ3v) is 5.85. The standard InChI is InChI=1S/C20H30/c1-14(2)16-8-10-19-12-17-6-4-15(3)5-7-18(17)13-20(19)11-9-16/h12-16H,4-11H2,1-3H3. The average Bonchev–Trinajstić information content (AvgIpc) is 2.73. The molecule has 0 N–H and O–H groups in total. The zero-order valence-corrected chi connectivity index (χ0v) is 13.5. The first-order chi connectivity index (χ1) is 9.63. The fraction of sp³-hybridized carbons (Fsp3) is 0.700. The van der Waals surface area contributed by atoms with Crippen molar-refractivity contribution >= 4 is 0 Å². The topological polar surface area (TPSA) is 0 Å². The second kappa shape index (κ2) is 5.92. The summed E-state index contributed by atoms with van der Waals surface area (Å²) < 4.78 is 0. The normalized spacial score (nSPS) is 21.2. The highest BCUT2D eigenvalue weighted by atomic mass is 14.3. The van der Waals surface area contributed by atoms with E-state index in [1.165, 1.54) is 51.4 Å². The minimum Gasteiger partial charge on any atom is -0.0625 e. The summed E-state index contributed by atoms with van der Waals surface area (Å²) in [5.41, 5.74) is 6.72. The van der Waals surface area contributed by atoms with Crippen molar-refractivity contribution in [2.45, 2.75) is 72.1 Å². The summed E-state index contributed by atoms with van der Waals surface area (Å²) in [5.74, 6) is 2.69. The van der Waals surface area contributed by atoms with Gasteiger partial charge in [0.05, 0.1) is 0 Å². The zero-order chi connectivity index (χ0) is 14.1. The van der Waals surface area contributed by atoms with E-state index >= 15 is 0 Å². The van der Waals surface area contributed by atoms with Crippen LogP contribution < -0.4 is 0 Å². The van der Waals surface area contributed by atoms with Gasteiger partial charge in [-0.2, -0.15) is 0 Å². The van der Waals surface area contributed by atoms with Crippen LogP contribution in [-0.4, -0.2) is 0 Å². The highest BCUT2D eigenvalue weighted by Gasteiger charge is 2.21. The average molecular weight is 270 g/mol. The summed E-state index contributed by atoms with van der Waals surface area (Å²) in [5, 5.41) is 0. The van der Waals surface area contributed by atoms with E-state index in [1.54, 1.807) is 22.3 Å². The molecule has 0 heterocycles. The van der Waals surface area contributed by atoms with Crippen LogP contribution in [0, 0.1) is 17.8 Å². The van der Waals surface area contributed by atoms with Gasteiger partial charge in [-0.1, -0.05) is 32.9 Å². The van der Waals surface area contributed by atoms with Crippen molar-refractivity contribution in [3.05, 3.63) is 34.4 Å². The van der Waals surface area contributed by atoms with Crippen LogP contribution in [0.4, 0.5) is 0 Å². The second-order valence-corrected chi connectivity index (χ2v) is 7.65. The van der Waals surface area contributed by atoms with E-state index in [9.17, 15) is 0 Å². The SMILES string of the molecule is CC1CCc2cc3c(cc2CC1)CCC(C(C)C)CC3. The molecule has 0 aromatic heterocycles. The molecule has 0 heteroatoms. The molecule has 0 saturated heterocycles. The van der Waals surface area contributed by atoms with Crippen molar-refractivity contribution in [1.29, 1.82) is 0 Å². The predicted molar refractivity (Wildman–Crippen MR) is 87.2 cm³/mol. The molecular formula is C20H30. The molecule has 1 aromatic rings. The van der Waals surface area contributed by atoms with Gasteiger partial charge in [-0.25, -0.2) is 0 Å². The van der Waals surface area contributed by atoms with Gasteiger partial charge in [0.2, 0.25) is 0 Å². The molecule has 2 aliphatic rings. The molecule has 0 nitrogen and oxygen atoms in total. The van der Waals surface area contributed by atoms with E-state index in [0.29, 0.717) is 0 Å². The molecule has 20 heavy (non-hydrogen) atoms. The van der Waals surface area contributed by atoms with Crippen LogP contribution in [0.2, 0.25) is 0 Å². The third kappa shape index (κ3) is 2.95. The largest absolute Gasteiger partial charge is 0.0625 e. The first kappa shape index (κ1) is 14.2. The maximum Gasteiger partial charge on any atom is -0.0273 e. The lowest BCUT2D eigenvalue weighted by atomic mass is 9.88. The molecule has 2 aliphatic carbocycles. The van der Waals surface area contributed by atoms with Crippen molar-refractivity contribution in [3.8, 4) is 0 Å². The van der Waals surface area contributed by atoms with Gasteiger partial charge in [0, 0.05) is 0 Å². The van der Waals surface area contributed by atoms with Gasteiger partial charge in [-0.05, 0) is 91.4 Å². The van der Waals surface area contributed by atoms with Crippen molar-refractivity contribution in [2.24, 2.45) is 17.8 Å². The molecule has 0 fully saturated rings. The third-order valence-electron chi connectivity index (χ3n) is 5.85. The van der Waals surface area contributed by atoms with Crippen molar-refractivity contribution in [2.75, 3.05) is 0 Å². The number of aryl methyl sites for hydroxylation is 4. The van der Waals surface area contributed by atoms with Crippen LogP contribution in [0.25, 0.3) is 0 Å². The number of hydrogen-bond donors (Lipinski definition) is 0. The Morgan fingerprint density at radius 1 is 0.750 bits per heavy atom. The van der Waals surface area contributed by atoms with Gasteiger partial charge < -0.3 is 0 Å². The van der Waals surface area contributed by atoms with Crippen LogP contribution in [0.5, 0.6) is 0 Å². The first-order valence-corrected chi connectivity index (χ1v) is 8.77. The van der Waals surface area contributed by atoms with E-state index < -0.39 is 0 Å². The maximum atomic E-state index is 2.59. The van der Waals surface area contributed by atoms with E-state index in [0.717, 1.165) is 17.8 Å². The summed E-state index contributed by atoms with van der Waals surface area (Å²) in [7, 11) is 0. The molecule has 110 valence electrons. The molecule has 0 amide bonds. The van der Waals surface area contributed by atoms with Gasteiger partial charge >= 0.3 is 0 Å². The van der Waals surface area contributed by atoms with Crippen molar-refractivity contribution in [1.82, 2.24) is 0 Å². The lowest BCUT2D eigenvalue weighted by Gasteiger charge is -2.17. The van der Waals surface area contributed by atoms with E-state index in [2.05, 4.69) is 32.9 Å². The summed E-state index contributed by atoms with van der Waals surface area (Å²) in [6.07, 6.45) is 10.9. The summed E-state index contributed by atoms with van der Waals surface area (Å²) >= 11 is 0.